The largest absolute Gasteiger partial charge is 0.478 e. The zero-order chi connectivity index (χ0) is 15.7. The first kappa shape index (κ1) is 14.9. The van der Waals surface area contributed by atoms with Crippen LogP contribution in [0.5, 0.6) is 0 Å². The van der Waals surface area contributed by atoms with Crippen LogP contribution in [0, 0.1) is 17.0 Å². The molecule has 0 bridgehead atoms. The average Bonchev–Trinajstić information content (AvgIpc) is 2.37. The van der Waals surface area contributed by atoms with E-state index in [1.165, 1.54) is 0 Å². The lowest BCUT2D eigenvalue weighted by molar-refractivity contribution is -0.505. The Kier molecular flexibility index (Phi) is 3.88. The molecule has 0 aromatic heterocycles. The summed E-state index contributed by atoms with van der Waals surface area (Å²) in [6.45, 7) is 5.04. The van der Waals surface area contributed by atoms with E-state index in [4.69, 9.17) is 0 Å². The van der Waals surface area contributed by atoms with Crippen molar-refractivity contribution in [2.45, 2.75) is 32.7 Å². The predicted octanol–water partition coefficient (Wildman–Crippen LogP) is 2.56. The van der Waals surface area contributed by atoms with Gasteiger partial charge in [0, 0.05) is 10.6 Å². The molecule has 21 heavy (non-hydrogen) atoms. The average molecular weight is 288 g/mol. The first-order chi connectivity index (χ1) is 9.82. The van der Waals surface area contributed by atoms with Crippen molar-refractivity contribution in [2.24, 2.45) is 4.99 Å². The highest BCUT2D eigenvalue weighted by molar-refractivity contribution is 5.97. The minimum atomic E-state index is -1.17. The number of rotatable bonds is 3. The molecule has 0 aliphatic carbocycles. The number of aliphatic imine (C=N–C) groups is 1. The quantitative estimate of drug-likeness (QED) is 0.683. The Morgan fingerprint density at radius 1 is 1.24 bits per heavy atom. The third-order valence-electron chi connectivity index (χ3n) is 3.68. The SMILES string of the molecule is CC1=NC(C)=C(C(=O)O)C(c2ccc(C)cc2)C1[N+](=O)[O-]. The smallest absolute Gasteiger partial charge is 0.334 e. The number of benzene rings is 1. The summed E-state index contributed by atoms with van der Waals surface area (Å²) in [7, 11) is 0. The van der Waals surface area contributed by atoms with E-state index >= 15 is 0 Å². The molecule has 6 heteroatoms. The Labute approximate surface area is 122 Å². The van der Waals surface area contributed by atoms with Crippen molar-refractivity contribution in [3.63, 3.8) is 0 Å². The molecule has 2 atom stereocenters. The number of carbonyl (C=O) groups is 1. The van der Waals surface area contributed by atoms with Gasteiger partial charge >= 0.3 is 5.97 Å². The van der Waals surface area contributed by atoms with Gasteiger partial charge in [-0.25, -0.2) is 4.79 Å². The summed E-state index contributed by atoms with van der Waals surface area (Å²) in [4.78, 5) is 26.5. The Morgan fingerprint density at radius 2 is 1.81 bits per heavy atom. The maximum absolute atomic E-state index is 11.5. The number of aliphatic carboxylic acids is 1. The number of hydrogen-bond acceptors (Lipinski definition) is 4. The van der Waals surface area contributed by atoms with Crippen molar-refractivity contribution in [3.05, 3.63) is 56.8 Å². The molecule has 1 aromatic carbocycles. The molecule has 0 fully saturated rings. The van der Waals surface area contributed by atoms with Crippen molar-refractivity contribution in [2.75, 3.05) is 0 Å². The van der Waals surface area contributed by atoms with Crippen LogP contribution in [0.3, 0.4) is 0 Å². The fourth-order valence-corrected chi connectivity index (χ4v) is 2.70. The third kappa shape index (κ3) is 2.69. The van der Waals surface area contributed by atoms with Gasteiger partial charge in [-0.05, 0) is 26.3 Å². The van der Waals surface area contributed by atoms with E-state index in [-0.39, 0.29) is 5.57 Å². The molecule has 6 nitrogen and oxygen atoms in total. The van der Waals surface area contributed by atoms with Gasteiger partial charge in [0.15, 0.2) is 0 Å². The van der Waals surface area contributed by atoms with E-state index in [0.717, 1.165) is 5.56 Å². The van der Waals surface area contributed by atoms with Crippen LogP contribution in [-0.2, 0) is 4.79 Å². The number of carboxylic acids is 1. The van der Waals surface area contributed by atoms with Crippen molar-refractivity contribution in [3.8, 4) is 0 Å². The van der Waals surface area contributed by atoms with Gasteiger partial charge in [0.2, 0.25) is 0 Å². The fraction of sp³-hybridized carbons (Fsp3) is 0.333. The Bertz CT molecular complexity index is 659. The summed E-state index contributed by atoms with van der Waals surface area (Å²) >= 11 is 0. The van der Waals surface area contributed by atoms with E-state index in [1.54, 1.807) is 26.0 Å². The second-order valence-electron chi connectivity index (χ2n) is 5.18. The van der Waals surface area contributed by atoms with Gasteiger partial charge in [-0.3, -0.25) is 15.1 Å². The summed E-state index contributed by atoms with van der Waals surface area (Å²) in [6.07, 6.45) is 0. The van der Waals surface area contributed by atoms with E-state index in [0.29, 0.717) is 17.0 Å². The van der Waals surface area contributed by atoms with Crippen LogP contribution >= 0.6 is 0 Å². The summed E-state index contributed by atoms with van der Waals surface area (Å²) in [5.41, 5.74) is 2.27. The maximum atomic E-state index is 11.5. The summed E-state index contributed by atoms with van der Waals surface area (Å²) in [5.74, 6) is -1.99. The molecule has 1 aliphatic rings. The Balaban J connectivity index is 2.65. The highest BCUT2D eigenvalue weighted by atomic mass is 16.6. The molecule has 0 radical (unpaired) electrons. The minimum absolute atomic E-state index is 0.00819. The topological polar surface area (TPSA) is 92.8 Å². The summed E-state index contributed by atoms with van der Waals surface area (Å²) < 4.78 is 0. The molecular weight excluding hydrogens is 272 g/mol. The van der Waals surface area contributed by atoms with Gasteiger partial charge in [0.1, 0.15) is 0 Å². The normalized spacial score (nSPS) is 22.0. The molecule has 1 heterocycles. The maximum Gasteiger partial charge on any atom is 0.334 e. The van der Waals surface area contributed by atoms with E-state index in [1.807, 2.05) is 19.1 Å². The van der Waals surface area contributed by atoms with Crippen molar-refractivity contribution < 1.29 is 14.8 Å². The Hall–Kier alpha value is -2.50. The van der Waals surface area contributed by atoms with Crippen molar-refractivity contribution in [1.82, 2.24) is 0 Å². The number of hydrogen-bond donors (Lipinski definition) is 1. The third-order valence-corrected chi connectivity index (χ3v) is 3.68. The molecule has 2 unspecified atom stereocenters. The molecule has 0 spiro atoms. The lowest BCUT2D eigenvalue weighted by Gasteiger charge is -2.26. The van der Waals surface area contributed by atoms with Crippen molar-refractivity contribution in [1.29, 1.82) is 0 Å². The number of nitro groups is 1. The van der Waals surface area contributed by atoms with Crippen LogP contribution in [0.25, 0.3) is 0 Å². The van der Waals surface area contributed by atoms with Crippen LogP contribution in [0.4, 0.5) is 0 Å². The van der Waals surface area contributed by atoms with Crippen LogP contribution in [-0.4, -0.2) is 27.8 Å². The van der Waals surface area contributed by atoms with Crippen molar-refractivity contribution >= 4 is 11.7 Å². The molecule has 1 aliphatic heterocycles. The lowest BCUT2D eigenvalue weighted by atomic mass is 9.80. The number of carboxylic acid groups (broad SMARTS) is 1. The monoisotopic (exact) mass is 288 g/mol. The zero-order valence-corrected chi connectivity index (χ0v) is 12.0. The zero-order valence-electron chi connectivity index (χ0n) is 12.0. The van der Waals surface area contributed by atoms with Crippen LogP contribution in [0.15, 0.2) is 40.5 Å². The molecule has 0 saturated heterocycles. The fourth-order valence-electron chi connectivity index (χ4n) is 2.70. The van der Waals surface area contributed by atoms with Gasteiger partial charge in [-0.2, -0.15) is 0 Å². The molecule has 1 aromatic rings. The second kappa shape index (κ2) is 5.47. The summed E-state index contributed by atoms with van der Waals surface area (Å²) in [5, 5.41) is 20.8. The molecule has 1 N–H and O–H groups in total. The first-order valence-corrected chi connectivity index (χ1v) is 6.52. The van der Waals surface area contributed by atoms with Crippen LogP contribution < -0.4 is 0 Å². The second-order valence-corrected chi connectivity index (χ2v) is 5.18. The highest BCUT2D eigenvalue weighted by Crippen LogP contribution is 2.36. The predicted molar refractivity (Wildman–Crippen MR) is 78.1 cm³/mol. The van der Waals surface area contributed by atoms with Gasteiger partial charge in [-0.1, -0.05) is 29.8 Å². The highest BCUT2D eigenvalue weighted by Gasteiger charge is 2.44. The molecule has 2 rings (SSSR count). The molecule has 0 amide bonds. The standard InChI is InChI=1S/C15H16N2O4/c1-8-4-6-11(7-5-8)13-12(15(18)19)9(2)16-10(3)14(13)17(20)21/h4-7,13-14H,1-3H3,(H,18,19). The first-order valence-electron chi connectivity index (χ1n) is 6.52. The summed E-state index contributed by atoms with van der Waals surface area (Å²) in [6, 6.07) is 5.98. The lowest BCUT2D eigenvalue weighted by Crippen LogP contribution is -2.39. The number of allylic oxidation sites excluding steroid dienone is 1. The van der Waals surface area contributed by atoms with Gasteiger partial charge < -0.3 is 5.11 Å². The van der Waals surface area contributed by atoms with Gasteiger partial charge in [0.05, 0.1) is 17.2 Å². The number of nitrogens with zero attached hydrogens (tertiary/aromatic N) is 2. The Morgan fingerprint density at radius 3 is 2.29 bits per heavy atom. The van der Waals surface area contributed by atoms with Gasteiger partial charge in [-0.15, -0.1) is 0 Å². The molecular formula is C15H16N2O4. The van der Waals surface area contributed by atoms with E-state index < -0.39 is 22.9 Å². The minimum Gasteiger partial charge on any atom is -0.478 e. The van der Waals surface area contributed by atoms with Crippen LogP contribution in [0.1, 0.15) is 30.9 Å². The van der Waals surface area contributed by atoms with E-state index in [9.17, 15) is 20.0 Å². The van der Waals surface area contributed by atoms with E-state index in [2.05, 4.69) is 4.99 Å². The van der Waals surface area contributed by atoms with Gasteiger partial charge in [0.25, 0.3) is 6.04 Å². The molecule has 0 saturated carbocycles. The molecule has 110 valence electrons. The van der Waals surface area contributed by atoms with Crippen LogP contribution in [0.2, 0.25) is 0 Å². The number of aryl methyl sites for hydroxylation is 1.